The molecule has 0 saturated heterocycles. The van der Waals surface area contributed by atoms with Gasteiger partial charge in [-0.1, -0.05) is 25.2 Å². The van der Waals surface area contributed by atoms with E-state index in [0.29, 0.717) is 4.21 Å². The summed E-state index contributed by atoms with van der Waals surface area (Å²) in [6.07, 6.45) is 2.98. The number of thiazole rings is 1. The second-order valence-electron chi connectivity index (χ2n) is 4.38. The zero-order chi connectivity index (χ0) is 14.3. The zero-order valence-electron chi connectivity index (χ0n) is 10.4. The summed E-state index contributed by atoms with van der Waals surface area (Å²) in [5.74, 6) is 0. The van der Waals surface area contributed by atoms with E-state index in [1.165, 1.54) is 29.4 Å². The Morgan fingerprint density at radius 3 is 2.79 bits per heavy atom. The number of hydrogen-bond acceptors (Lipinski definition) is 6. The van der Waals surface area contributed by atoms with Gasteiger partial charge in [0.05, 0.1) is 10.5 Å². The normalized spacial score (nSPS) is 23.0. The molecule has 2 heterocycles. The van der Waals surface area contributed by atoms with E-state index in [4.69, 9.17) is 10.5 Å². The van der Waals surface area contributed by atoms with Gasteiger partial charge in [-0.3, -0.25) is 4.57 Å². The van der Waals surface area contributed by atoms with Gasteiger partial charge in [0.2, 0.25) is 0 Å². The van der Waals surface area contributed by atoms with Gasteiger partial charge in [0.25, 0.3) is 5.34 Å². The molecule has 0 aliphatic carbocycles. The summed E-state index contributed by atoms with van der Waals surface area (Å²) >= 11 is 2.69. The highest BCUT2D eigenvalue weighted by molar-refractivity contribution is 8.01. The average Bonchev–Trinajstić information content (AvgIpc) is 2.83. The highest BCUT2D eigenvalue weighted by Crippen LogP contribution is 2.63. The number of aromatic nitrogens is 1. The predicted molar refractivity (Wildman–Crippen MR) is 76.1 cm³/mol. The molecular formula is C10H15N2O4PS2. The smallest absolute Gasteiger partial charge is 0.375 e. The van der Waals surface area contributed by atoms with Crippen molar-refractivity contribution in [3.8, 4) is 0 Å². The molecule has 6 nitrogen and oxygen atoms in total. The molecule has 19 heavy (non-hydrogen) atoms. The number of ether oxygens (including phenoxy) is 1. The Labute approximate surface area is 119 Å². The quantitative estimate of drug-likeness (QED) is 0.577. The number of nitrogens with two attached hydrogens (primary N) is 1. The maximum atomic E-state index is 11.8. The van der Waals surface area contributed by atoms with Crippen LogP contribution in [0.1, 0.15) is 26.0 Å². The van der Waals surface area contributed by atoms with E-state index in [1.807, 2.05) is 13.8 Å². The fourth-order valence-electron chi connectivity index (χ4n) is 1.76. The van der Waals surface area contributed by atoms with Gasteiger partial charge in [-0.15, -0.1) is 11.8 Å². The van der Waals surface area contributed by atoms with E-state index in [0.717, 1.165) is 0 Å². The summed E-state index contributed by atoms with van der Waals surface area (Å²) in [7, 11) is -4.53. The van der Waals surface area contributed by atoms with Gasteiger partial charge in [-0.2, -0.15) is 0 Å². The van der Waals surface area contributed by atoms with Crippen LogP contribution in [0.25, 0.3) is 0 Å². The first-order valence-electron chi connectivity index (χ1n) is 5.58. The van der Waals surface area contributed by atoms with E-state index in [2.05, 4.69) is 4.98 Å². The van der Waals surface area contributed by atoms with Gasteiger partial charge in [-0.25, -0.2) is 4.98 Å². The molecule has 0 fully saturated rings. The Morgan fingerprint density at radius 2 is 2.32 bits per heavy atom. The molecule has 0 radical (unpaired) electrons. The molecule has 1 aromatic heterocycles. The number of anilines is 1. The maximum Gasteiger partial charge on any atom is 0.375 e. The summed E-state index contributed by atoms with van der Waals surface area (Å²) in [4.78, 5) is 23.4. The number of nitrogens with zero attached hydrogens (tertiary/aromatic N) is 1. The monoisotopic (exact) mass is 322 g/mol. The molecule has 0 saturated carbocycles. The predicted octanol–water partition coefficient (Wildman–Crippen LogP) is 2.49. The zero-order valence-corrected chi connectivity index (χ0v) is 13.0. The van der Waals surface area contributed by atoms with Crippen molar-refractivity contribution in [2.45, 2.75) is 35.1 Å². The molecule has 9 heteroatoms. The number of nitrogen functional groups attached to an aromatic ring is 1. The Bertz CT molecular complexity index is 544. The maximum absolute atomic E-state index is 11.8. The van der Waals surface area contributed by atoms with Crippen molar-refractivity contribution < 1.29 is 19.1 Å². The van der Waals surface area contributed by atoms with Crippen molar-refractivity contribution in [1.29, 1.82) is 0 Å². The summed E-state index contributed by atoms with van der Waals surface area (Å²) in [5, 5.41) is -1.19. The first-order chi connectivity index (χ1) is 8.76. The minimum Gasteiger partial charge on any atom is -0.476 e. The molecule has 2 rings (SSSR count). The Hall–Kier alpha value is -0.530. The standard InChI is InChI=1S/C10H15N2O4PS2/c1-6(2)18-8-7(12-9(11)19-8)10(17(13,14)15)4-3-5-16-10/h3,5-6H,4H2,1-2H3,(H2,11,12)(H2,13,14,15). The molecule has 4 N–H and O–H groups in total. The number of rotatable bonds is 4. The number of hydrogen-bond donors (Lipinski definition) is 3. The topological polar surface area (TPSA) is 106 Å². The first-order valence-corrected chi connectivity index (χ1v) is 8.89. The Morgan fingerprint density at radius 1 is 1.63 bits per heavy atom. The second kappa shape index (κ2) is 5.10. The second-order valence-corrected chi connectivity index (χ2v) is 9.06. The SMILES string of the molecule is CC(C)Sc1sc(N)nc1C1(P(=O)(O)O)CC=CO1. The lowest BCUT2D eigenvalue weighted by Crippen LogP contribution is -2.26. The molecule has 1 aromatic rings. The van der Waals surface area contributed by atoms with E-state index in [9.17, 15) is 14.4 Å². The van der Waals surface area contributed by atoms with Gasteiger partial charge in [0.15, 0.2) is 5.13 Å². The molecule has 106 valence electrons. The highest BCUT2D eigenvalue weighted by Gasteiger charge is 2.55. The lowest BCUT2D eigenvalue weighted by molar-refractivity contribution is 0.0857. The fourth-order valence-corrected chi connectivity index (χ4v) is 5.30. The molecule has 1 aliphatic heterocycles. The molecule has 1 unspecified atom stereocenters. The molecule has 0 aromatic carbocycles. The van der Waals surface area contributed by atoms with Crippen molar-refractivity contribution in [3.05, 3.63) is 18.0 Å². The summed E-state index contributed by atoms with van der Waals surface area (Å²) < 4.78 is 17.8. The van der Waals surface area contributed by atoms with Crippen LogP contribution >= 0.6 is 30.7 Å². The Kier molecular flexibility index (Phi) is 3.99. The minimum absolute atomic E-state index is 0.0894. The van der Waals surface area contributed by atoms with Gasteiger partial charge in [-0.05, 0) is 6.08 Å². The van der Waals surface area contributed by atoms with Crippen LogP contribution in [0, 0.1) is 0 Å². The van der Waals surface area contributed by atoms with E-state index >= 15 is 0 Å². The molecule has 0 amide bonds. The van der Waals surface area contributed by atoms with Crippen LogP contribution in [0.15, 0.2) is 16.5 Å². The van der Waals surface area contributed by atoms with Gasteiger partial charge < -0.3 is 20.3 Å². The minimum atomic E-state index is -4.53. The van der Waals surface area contributed by atoms with Gasteiger partial charge in [0, 0.05) is 11.7 Å². The van der Waals surface area contributed by atoms with Crippen LogP contribution in [0.4, 0.5) is 5.13 Å². The van der Waals surface area contributed by atoms with Crippen molar-refractivity contribution in [3.63, 3.8) is 0 Å². The van der Waals surface area contributed by atoms with Crippen molar-refractivity contribution >= 4 is 35.8 Å². The van der Waals surface area contributed by atoms with Gasteiger partial charge >= 0.3 is 7.60 Å². The van der Waals surface area contributed by atoms with Crippen LogP contribution in [0.2, 0.25) is 0 Å². The van der Waals surface area contributed by atoms with Crippen LogP contribution in [0.3, 0.4) is 0 Å². The Balaban J connectivity index is 2.52. The van der Waals surface area contributed by atoms with E-state index < -0.39 is 12.9 Å². The average molecular weight is 322 g/mol. The molecule has 0 spiro atoms. The third-order valence-corrected chi connectivity index (χ3v) is 6.09. The third-order valence-electron chi connectivity index (χ3n) is 2.55. The summed E-state index contributed by atoms with van der Waals surface area (Å²) in [5.41, 5.74) is 5.93. The van der Waals surface area contributed by atoms with E-state index in [-0.39, 0.29) is 22.5 Å². The highest BCUT2D eigenvalue weighted by atomic mass is 32.2. The lowest BCUT2D eigenvalue weighted by atomic mass is 10.2. The van der Waals surface area contributed by atoms with Crippen LogP contribution in [-0.4, -0.2) is 20.0 Å². The third kappa shape index (κ3) is 2.68. The number of thioether (sulfide) groups is 1. The van der Waals surface area contributed by atoms with Crippen LogP contribution < -0.4 is 5.73 Å². The molecule has 0 bridgehead atoms. The molecule has 1 atom stereocenters. The van der Waals surface area contributed by atoms with Crippen LogP contribution in [0.5, 0.6) is 0 Å². The summed E-state index contributed by atoms with van der Waals surface area (Å²) in [6.45, 7) is 3.98. The largest absolute Gasteiger partial charge is 0.476 e. The van der Waals surface area contributed by atoms with Crippen molar-refractivity contribution in [2.24, 2.45) is 0 Å². The summed E-state index contributed by atoms with van der Waals surface area (Å²) in [6, 6.07) is 0. The van der Waals surface area contributed by atoms with E-state index in [1.54, 1.807) is 6.08 Å². The lowest BCUT2D eigenvalue weighted by Gasteiger charge is -2.28. The van der Waals surface area contributed by atoms with Crippen molar-refractivity contribution in [1.82, 2.24) is 4.98 Å². The molecular weight excluding hydrogens is 307 g/mol. The fraction of sp³-hybridized carbons (Fsp3) is 0.500. The van der Waals surface area contributed by atoms with Crippen LogP contribution in [-0.2, 0) is 14.6 Å². The molecule has 1 aliphatic rings. The van der Waals surface area contributed by atoms with Gasteiger partial charge in [0.1, 0.15) is 5.69 Å². The van der Waals surface area contributed by atoms with Crippen molar-refractivity contribution in [2.75, 3.05) is 5.73 Å². The first kappa shape index (κ1) is 14.9.